The molecule has 12 heavy (non-hydrogen) atoms. The molecule has 1 aliphatic rings. The van der Waals surface area contributed by atoms with Crippen molar-refractivity contribution in [3.05, 3.63) is 0 Å². The van der Waals surface area contributed by atoms with E-state index in [0.29, 0.717) is 12.1 Å². The third-order valence-corrected chi connectivity index (χ3v) is 2.62. The third-order valence-electron chi connectivity index (χ3n) is 2.62. The second kappa shape index (κ2) is 4.83. The number of nitrogens with one attached hydrogen (secondary N) is 1. The molecule has 0 spiro atoms. The van der Waals surface area contributed by atoms with Crippen LogP contribution < -0.4 is 5.32 Å². The van der Waals surface area contributed by atoms with Crippen LogP contribution in [0.15, 0.2) is 0 Å². The van der Waals surface area contributed by atoms with Gasteiger partial charge in [-0.15, -0.1) is 0 Å². The maximum Gasteiger partial charge on any atom is 0.0584 e. The van der Waals surface area contributed by atoms with Crippen molar-refractivity contribution in [2.24, 2.45) is 5.92 Å². The Kier molecular flexibility index (Phi) is 4.02. The molecular weight excluding hydrogens is 150 g/mol. The Morgan fingerprint density at radius 3 is 2.58 bits per heavy atom. The van der Waals surface area contributed by atoms with Crippen molar-refractivity contribution in [1.29, 1.82) is 0 Å². The van der Waals surface area contributed by atoms with Crippen LogP contribution in [0.25, 0.3) is 0 Å². The quantitative estimate of drug-likeness (QED) is 0.635. The Labute approximate surface area is 75.4 Å². The monoisotopic (exact) mass is 171 g/mol. The van der Waals surface area contributed by atoms with Gasteiger partial charge in [-0.1, -0.05) is 19.8 Å². The number of aliphatic hydroxyl groups excluding tert-OH is 1. The summed E-state index contributed by atoms with van der Waals surface area (Å²) in [6, 6.07) is 0.883. The van der Waals surface area contributed by atoms with Crippen LogP contribution in [0.2, 0.25) is 0 Å². The fraction of sp³-hybridized carbons (Fsp3) is 1.00. The van der Waals surface area contributed by atoms with Gasteiger partial charge in [-0.05, 0) is 25.7 Å². The summed E-state index contributed by atoms with van der Waals surface area (Å²) in [7, 11) is 0. The number of hydrogen-bond donors (Lipinski definition) is 2. The van der Waals surface area contributed by atoms with E-state index in [4.69, 9.17) is 5.11 Å². The van der Waals surface area contributed by atoms with Gasteiger partial charge in [0.2, 0.25) is 0 Å². The molecule has 0 aromatic rings. The van der Waals surface area contributed by atoms with Crippen molar-refractivity contribution in [2.75, 3.05) is 6.61 Å². The second-order valence-electron chi connectivity index (χ2n) is 4.03. The van der Waals surface area contributed by atoms with Crippen molar-refractivity contribution in [3.63, 3.8) is 0 Å². The first-order chi connectivity index (χ1) is 5.76. The van der Waals surface area contributed by atoms with Gasteiger partial charge in [0, 0.05) is 12.1 Å². The molecule has 2 unspecified atom stereocenters. The number of hydrogen-bond acceptors (Lipinski definition) is 2. The average Bonchev–Trinajstić information content (AvgIpc) is 2.84. The van der Waals surface area contributed by atoms with Crippen molar-refractivity contribution in [3.8, 4) is 0 Å². The standard InChI is InChI=1S/C10H21NO/c1-3-10(7-12)11-8(2)6-9-4-5-9/h8-12H,3-7H2,1-2H3. The maximum atomic E-state index is 8.96. The van der Waals surface area contributed by atoms with Crippen LogP contribution in [-0.2, 0) is 0 Å². The molecule has 0 bridgehead atoms. The Morgan fingerprint density at radius 1 is 1.50 bits per heavy atom. The van der Waals surface area contributed by atoms with Gasteiger partial charge in [0.1, 0.15) is 0 Å². The lowest BCUT2D eigenvalue weighted by Crippen LogP contribution is -2.38. The fourth-order valence-corrected chi connectivity index (χ4v) is 1.62. The molecular formula is C10H21NO. The highest BCUT2D eigenvalue weighted by molar-refractivity contribution is 4.79. The predicted molar refractivity (Wildman–Crippen MR) is 51.1 cm³/mol. The number of rotatable bonds is 6. The van der Waals surface area contributed by atoms with E-state index in [1.54, 1.807) is 0 Å². The first-order valence-electron chi connectivity index (χ1n) is 5.13. The van der Waals surface area contributed by atoms with E-state index in [0.717, 1.165) is 12.3 Å². The Hall–Kier alpha value is -0.0800. The van der Waals surface area contributed by atoms with E-state index in [1.165, 1.54) is 19.3 Å². The Morgan fingerprint density at radius 2 is 2.17 bits per heavy atom. The molecule has 1 aliphatic carbocycles. The molecule has 2 heteroatoms. The van der Waals surface area contributed by atoms with E-state index in [1.807, 2.05) is 0 Å². The molecule has 72 valence electrons. The first-order valence-corrected chi connectivity index (χ1v) is 5.13. The zero-order chi connectivity index (χ0) is 8.97. The largest absolute Gasteiger partial charge is 0.395 e. The number of aliphatic hydroxyl groups is 1. The van der Waals surface area contributed by atoms with Crippen LogP contribution in [0.4, 0.5) is 0 Å². The molecule has 1 rings (SSSR count). The van der Waals surface area contributed by atoms with Crippen LogP contribution in [0.1, 0.15) is 39.5 Å². The summed E-state index contributed by atoms with van der Waals surface area (Å²) in [5.41, 5.74) is 0. The van der Waals surface area contributed by atoms with Crippen molar-refractivity contribution >= 4 is 0 Å². The summed E-state index contributed by atoms with van der Waals surface area (Å²) in [4.78, 5) is 0. The van der Waals surface area contributed by atoms with Gasteiger partial charge in [-0.25, -0.2) is 0 Å². The van der Waals surface area contributed by atoms with Crippen LogP contribution in [0.3, 0.4) is 0 Å². The van der Waals surface area contributed by atoms with Crippen LogP contribution >= 0.6 is 0 Å². The second-order valence-corrected chi connectivity index (χ2v) is 4.03. The van der Waals surface area contributed by atoms with Gasteiger partial charge in [-0.2, -0.15) is 0 Å². The average molecular weight is 171 g/mol. The zero-order valence-corrected chi connectivity index (χ0v) is 8.21. The molecule has 0 radical (unpaired) electrons. The van der Waals surface area contributed by atoms with E-state index in [9.17, 15) is 0 Å². The third kappa shape index (κ3) is 3.55. The minimum Gasteiger partial charge on any atom is -0.395 e. The minimum atomic E-state index is 0.269. The minimum absolute atomic E-state index is 0.269. The van der Waals surface area contributed by atoms with E-state index in [2.05, 4.69) is 19.2 Å². The van der Waals surface area contributed by atoms with E-state index in [-0.39, 0.29) is 6.61 Å². The van der Waals surface area contributed by atoms with Gasteiger partial charge >= 0.3 is 0 Å². The summed E-state index contributed by atoms with van der Waals surface area (Å²) < 4.78 is 0. The highest BCUT2D eigenvalue weighted by atomic mass is 16.3. The maximum absolute atomic E-state index is 8.96. The van der Waals surface area contributed by atoms with E-state index < -0.39 is 0 Å². The summed E-state index contributed by atoms with van der Waals surface area (Å²) >= 11 is 0. The molecule has 2 nitrogen and oxygen atoms in total. The smallest absolute Gasteiger partial charge is 0.0584 e. The summed E-state index contributed by atoms with van der Waals surface area (Å²) in [5, 5.41) is 12.4. The van der Waals surface area contributed by atoms with Gasteiger partial charge in [0.15, 0.2) is 0 Å². The molecule has 2 N–H and O–H groups in total. The normalized spacial score (nSPS) is 22.2. The Balaban J connectivity index is 2.09. The molecule has 2 atom stereocenters. The topological polar surface area (TPSA) is 32.3 Å². The zero-order valence-electron chi connectivity index (χ0n) is 8.21. The molecule has 0 amide bonds. The lowest BCUT2D eigenvalue weighted by Gasteiger charge is -2.20. The SMILES string of the molecule is CCC(CO)NC(C)CC1CC1. The van der Waals surface area contributed by atoms with Crippen molar-refractivity contribution in [2.45, 2.75) is 51.6 Å². The summed E-state index contributed by atoms with van der Waals surface area (Å²) in [5.74, 6) is 0.976. The molecule has 0 aliphatic heterocycles. The van der Waals surface area contributed by atoms with Gasteiger partial charge in [0.25, 0.3) is 0 Å². The van der Waals surface area contributed by atoms with Gasteiger partial charge in [-0.3, -0.25) is 0 Å². The highest BCUT2D eigenvalue weighted by Crippen LogP contribution is 2.33. The van der Waals surface area contributed by atoms with Crippen LogP contribution in [0, 0.1) is 5.92 Å². The van der Waals surface area contributed by atoms with Crippen LogP contribution in [0.5, 0.6) is 0 Å². The molecule has 1 saturated carbocycles. The Bertz CT molecular complexity index is 119. The van der Waals surface area contributed by atoms with Gasteiger partial charge < -0.3 is 10.4 Å². The molecule has 0 saturated heterocycles. The fourth-order valence-electron chi connectivity index (χ4n) is 1.62. The van der Waals surface area contributed by atoms with Crippen molar-refractivity contribution in [1.82, 2.24) is 5.32 Å². The summed E-state index contributed by atoms with van der Waals surface area (Å²) in [6.07, 6.45) is 5.14. The molecule has 0 heterocycles. The predicted octanol–water partition coefficient (Wildman–Crippen LogP) is 1.54. The lowest BCUT2D eigenvalue weighted by atomic mass is 10.1. The summed E-state index contributed by atoms with van der Waals surface area (Å²) in [6.45, 7) is 4.60. The van der Waals surface area contributed by atoms with E-state index >= 15 is 0 Å². The van der Waals surface area contributed by atoms with Crippen LogP contribution in [-0.4, -0.2) is 23.8 Å². The molecule has 0 aromatic heterocycles. The molecule has 0 aromatic carbocycles. The lowest BCUT2D eigenvalue weighted by molar-refractivity contribution is 0.226. The first kappa shape index (κ1) is 10.0. The van der Waals surface area contributed by atoms with Gasteiger partial charge in [0.05, 0.1) is 6.61 Å². The molecule has 1 fully saturated rings. The highest BCUT2D eigenvalue weighted by Gasteiger charge is 2.24. The van der Waals surface area contributed by atoms with Crippen molar-refractivity contribution < 1.29 is 5.11 Å².